The van der Waals surface area contributed by atoms with Gasteiger partial charge in [-0.2, -0.15) is 0 Å². The van der Waals surface area contributed by atoms with Crippen molar-refractivity contribution < 1.29 is 14.2 Å². The highest BCUT2D eigenvalue weighted by atomic mass is 32.1. The number of aromatic nitrogens is 2. The molecule has 3 rings (SSSR count). The fourth-order valence-electron chi connectivity index (χ4n) is 2.46. The maximum Gasteiger partial charge on any atom is 0.203 e. The summed E-state index contributed by atoms with van der Waals surface area (Å²) in [6, 6.07) is 7.82. The average Bonchev–Trinajstić information content (AvgIpc) is 3.10. The fraction of sp³-hybridized carbons (Fsp3) is 0.222. The molecule has 24 heavy (non-hydrogen) atoms. The number of benzene rings is 1. The maximum absolute atomic E-state index is 5.40. The van der Waals surface area contributed by atoms with Crippen molar-refractivity contribution in [2.45, 2.75) is 6.42 Å². The Bertz CT molecular complexity index is 793. The molecule has 0 N–H and O–H groups in total. The first-order chi connectivity index (χ1) is 11.7. The molecule has 5 nitrogen and oxygen atoms in total. The summed E-state index contributed by atoms with van der Waals surface area (Å²) in [5, 5.41) is 3.05. The van der Waals surface area contributed by atoms with Crippen LogP contribution in [0.15, 0.2) is 42.0 Å². The van der Waals surface area contributed by atoms with E-state index in [9.17, 15) is 0 Å². The summed E-state index contributed by atoms with van der Waals surface area (Å²) >= 11 is 1.62. The summed E-state index contributed by atoms with van der Waals surface area (Å²) in [4.78, 5) is 8.74. The molecule has 0 amide bonds. The average molecular weight is 342 g/mol. The highest BCUT2D eigenvalue weighted by molar-refractivity contribution is 7.13. The quantitative estimate of drug-likeness (QED) is 0.681. The fourth-order valence-corrected chi connectivity index (χ4v) is 3.29. The normalized spacial score (nSPS) is 10.5. The van der Waals surface area contributed by atoms with E-state index in [1.165, 1.54) is 0 Å². The number of methoxy groups -OCH3 is 3. The highest BCUT2D eigenvalue weighted by Gasteiger charge is 2.14. The molecule has 6 heteroatoms. The molecule has 0 atom stereocenters. The third kappa shape index (κ3) is 3.33. The van der Waals surface area contributed by atoms with Crippen molar-refractivity contribution in [3.05, 3.63) is 53.3 Å². The molecule has 0 unspecified atom stereocenters. The molecule has 0 spiro atoms. The lowest BCUT2D eigenvalue weighted by molar-refractivity contribution is 0.324. The first-order valence-corrected chi connectivity index (χ1v) is 8.26. The lowest BCUT2D eigenvalue weighted by Gasteiger charge is -2.13. The second-order valence-electron chi connectivity index (χ2n) is 5.09. The third-order valence-corrected chi connectivity index (χ3v) is 4.53. The molecule has 0 aliphatic rings. The largest absolute Gasteiger partial charge is 0.493 e. The number of rotatable bonds is 6. The Hall–Kier alpha value is -2.60. The summed E-state index contributed by atoms with van der Waals surface area (Å²) in [6.45, 7) is 0. The van der Waals surface area contributed by atoms with Crippen molar-refractivity contribution in [3.8, 4) is 27.8 Å². The van der Waals surface area contributed by atoms with E-state index < -0.39 is 0 Å². The molecule has 0 radical (unpaired) electrons. The molecular weight excluding hydrogens is 324 g/mol. The van der Waals surface area contributed by atoms with Gasteiger partial charge in [0.15, 0.2) is 11.5 Å². The van der Waals surface area contributed by atoms with E-state index in [1.54, 1.807) is 45.1 Å². The molecule has 2 heterocycles. The minimum absolute atomic E-state index is 0.597. The van der Waals surface area contributed by atoms with E-state index in [0.717, 1.165) is 21.8 Å². The molecule has 0 fully saturated rings. The van der Waals surface area contributed by atoms with E-state index in [-0.39, 0.29) is 0 Å². The van der Waals surface area contributed by atoms with Gasteiger partial charge >= 0.3 is 0 Å². The van der Waals surface area contributed by atoms with E-state index in [4.69, 9.17) is 19.2 Å². The zero-order valence-corrected chi connectivity index (χ0v) is 14.6. The van der Waals surface area contributed by atoms with Crippen LogP contribution in [0.1, 0.15) is 11.3 Å². The standard InChI is InChI=1S/C18H18N2O3S/c1-21-15-9-12(10-16(22-2)17(15)23-3)8-14-11-24-18(20-14)13-4-6-19-7-5-13/h4-7,9-11H,8H2,1-3H3. The van der Waals surface area contributed by atoms with Crippen molar-refractivity contribution in [2.75, 3.05) is 21.3 Å². The first kappa shape index (κ1) is 16.3. The minimum Gasteiger partial charge on any atom is -0.493 e. The summed E-state index contributed by atoms with van der Waals surface area (Å²) in [5.41, 5.74) is 3.13. The van der Waals surface area contributed by atoms with Crippen LogP contribution in [-0.4, -0.2) is 31.3 Å². The summed E-state index contributed by atoms with van der Waals surface area (Å²) in [5.74, 6) is 1.90. The number of nitrogens with zero attached hydrogens (tertiary/aromatic N) is 2. The van der Waals surface area contributed by atoms with Crippen LogP contribution in [0.3, 0.4) is 0 Å². The van der Waals surface area contributed by atoms with Gasteiger partial charge in [0.2, 0.25) is 5.75 Å². The number of hydrogen-bond donors (Lipinski definition) is 0. The van der Waals surface area contributed by atoms with Gasteiger partial charge in [0.25, 0.3) is 0 Å². The predicted molar refractivity (Wildman–Crippen MR) is 94.2 cm³/mol. The zero-order chi connectivity index (χ0) is 16.9. The van der Waals surface area contributed by atoms with E-state index in [2.05, 4.69) is 10.4 Å². The van der Waals surface area contributed by atoms with Gasteiger partial charge in [-0.25, -0.2) is 4.98 Å². The summed E-state index contributed by atoms with van der Waals surface area (Å²) in [7, 11) is 4.83. The van der Waals surface area contributed by atoms with E-state index in [1.807, 2.05) is 24.3 Å². The van der Waals surface area contributed by atoms with Crippen molar-refractivity contribution in [2.24, 2.45) is 0 Å². The molecule has 124 valence electrons. The lowest BCUT2D eigenvalue weighted by atomic mass is 10.1. The van der Waals surface area contributed by atoms with Gasteiger partial charge in [-0.3, -0.25) is 4.98 Å². The van der Waals surface area contributed by atoms with Gasteiger partial charge in [-0.1, -0.05) is 0 Å². The van der Waals surface area contributed by atoms with Crippen molar-refractivity contribution >= 4 is 11.3 Å². The van der Waals surface area contributed by atoms with Gasteiger partial charge in [-0.05, 0) is 29.8 Å². The number of hydrogen-bond acceptors (Lipinski definition) is 6. The van der Waals surface area contributed by atoms with Gasteiger partial charge < -0.3 is 14.2 Å². The Morgan fingerprint density at radius 2 is 1.62 bits per heavy atom. The molecule has 0 aliphatic carbocycles. The van der Waals surface area contributed by atoms with Crippen LogP contribution in [0.25, 0.3) is 10.6 Å². The van der Waals surface area contributed by atoms with E-state index >= 15 is 0 Å². The molecule has 0 aliphatic heterocycles. The van der Waals surface area contributed by atoms with Crippen LogP contribution < -0.4 is 14.2 Å². The Morgan fingerprint density at radius 3 is 2.21 bits per heavy atom. The van der Waals surface area contributed by atoms with Crippen LogP contribution in [0.4, 0.5) is 0 Å². The Morgan fingerprint density at radius 1 is 0.958 bits per heavy atom. The smallest absolute Gasteiger partial charge is 0.203 e. The monoisotopic (exact) mass is 342 g/mol. The second-order valence-corrected chi connectivity index (χ2v) is 5.95. The topological polar surface area (TPSA) is 53.5 Å². The van der Waals surface area contributed by atoms with Crippen LogP contribution in [0.5, 0.6) is 17.2 Å². The van der Waals surface area contributed by atoms with Gasteiger partial charge in [-0.15, -0.1) is 11.3 Å². The molecule has 0 saturated carbocycles. The highest BCUT2D eigenvalue weighted by Crippen LogP contribution is 2.38. The van der Waals surface area contributed by atoms with Crippen LogP contribution >= 0.6 is 11.3 Å². The second kappa shape index (κ2) is 7.31. The predicted octanol–water partition coefficient (Wildman–Crippen LogP) is 3.82. The third-order valence-electron chi connectivity index (χ3n) is 3.59. The first-order valence-electron chi connectivity index (χ1n) is 7.39. The van der Waals surface area contributed by atoms with E-state index in [0.29, 0.717) is 23.7 Å². The molecular formula is C18H18N2O3S. The number of ether oxygens (including phenoxy) is 3. The van der Waals surface area contributed by atoms with Crippen molar-refractivity contribution in [3.63, 3.8) is 0 Å². The van der Waals surface area contributed by atoms with Gasteiger partial charge in [0.05, 0.1) is 27.0 Å². The Kier molecular flexibility index (Phi) is 4.96. The van der Waals surface area contributed by atoms with Gasteiger partial charge in [0.1, 0.15) is 5.01 Å². The molecule has 1 aromatic carbocycles. The van der Waals surface area contributed by atoms with Crippen molar-refractivity contribution in [1.82, 2.24) is 9.97 Å². The number of thiazole rings is 1. The Labute approximate surface area is 144 Å². The number of pyridine rings is 1. The summed E-state index contributed by atoms with van der Waals surface area (Å²) in [6.07, 6.45) is 4.24. The van der Waals surface area contributed by atoms with Crippen LogP contribution in [0, 0.1) is 0 Å². The lowest BCUT2D eigenvalue weighted by Crippen LogP contribution is -1.98. The SMILES string of the molecule is COc1cc(Cc2csc(-c3ccncc3)n2)cc(OC)c1OC. The molecule has 0 saturated heterocycles. The van der Waals surface area contributed by atoms with Gasteiger partial charge in [0, 0.05) is 29.8 Å². The van der Waals surface area contributed by atoms with Crippen molar-refractivity contribution in [1.29, 1.82) is 0 Å². The van der Waals surface area contributed by atoms with Crippen LogP contribution in [-0.2, 0) is 6.42 Å². The maximum atomic E-state index is 5.40. The summed E-state index contributed by atoms with van der Waals surface area (Å²) < 4.78 is 16.2. The molecule has 0 bridgehead atoms. The minimum atomic E-state index is 0.597. The molecule has 3 aromatic rings. The Balaban J connectivity index is 1.88. The molecule has 2 aromatic heterocycles. The van der Waals surface area contributed by atoms with Crippen LogP contribution in [0.2, 0.25) is 0 Å². The zero-order valence-electron chi connectivity index (χ0n) is 13.8.